The Morgan fingerprint density at radius 3 is 2.19 bits per heavy atom. The predicted octanol–water partition coefficient (Wildman–Crippen LogP) is 3.92. The topological polar surface area (TPSA) is 42.4 Å². The van der Waals surface area contributed by atoms with Crippen molar-refractivity contribution in [1.29, 1.82) is 0 Å². The summed E-state index contributed by atoms with van der Waals surface area (Å²) in [5.74, 6) is 0. The summed E-state index contributed by atoms with van der Waals surface area (Å²) in [6.45, 7) is 6.96. The zero-order valence-electron chi connectivity index (χ0n) is 12.2. The molecule has 1 saturated heterocycles. The molecule has 0 aliphatic carbocycles. The van der Waals surface area contributed by atoms with Crippen LogP contribution in [0.2, 0.25) is 5.15 Å². The molecule has 1 aliphatic heterocycles. The van der Waals surface area contributed by atoms with Gasteiger partial charge < -0.3 is 9.84 Å². The number of pyridine rings is 1. The first-order valence-corrected chi connectivity index (χ1v) is 6.83. The van der Waals surface area contributed by atoms with Gasteiger partial charge in [0, 0.05) is 12.0 Å². The van der Waals surface area contributed by atoms with Crippen LogP contribution in [0.3, 0.4) is 0 Å². The van der Waals surface area contributed by atoms with Crippen LogP contribution in [0.15, 0.2) is 12.1 Å². The van der Waals surface area contributed by atoms with E-state index in [4.69, 9.17) is 16.3 Å². The third kappa shape index (κ3) is 2.76. The van der Waals surface area contributed by atoms with Crippen LogP contribution >= 0.6 is 11.6 Å². The predicted molar refractivity (Wildman–Crippen MR) is 72.0 cm³/mol. The second kappa shape index (κ2) is 4.57. The molecule has 21 heavy (non-hydrogen) atoms. The number of rotatable bonds is 1. The highest BCUT2D eigenvalue weighted by Gasteiger charge is 2.58. The molecule has 3 nitrogen and oxygen atoms in total. The zero-order valence-corrected chi connectivity index (χ0v) is 12.9. The minimum Gasteiger partial charge on any atom is -0.382 e. The Labute approximate surface area is 126 Å². The third-order valence-corrected chi connectivity index (χ3v) is 4.08. The van der Waals surface area contributed by atoms with Crippen molar-refractivity contribution in [3.63, 3.8) is 0 Å². The minimum atomic E-state index is -4.58. The van der Waals surface area contributed by atoms with Crippen molar-refractivity contribution in [2.45, 2.75) is 57.1 Å². The number of ether oxygens (including phenoxy) is 1. The molecule has 2 rings (SSSR count). The van der Waals surface area contributed by atoms with E-state index in [1.165, 1.54) is 6.07 Å². The average molecular weight is 324 g/mol. The lowest BCUT2D eigenvalue weighted by Gasteiger charge is -2.35. The normalized spacial score (nSPS) is 27.9. The van der Waals surface area contributed by atoms with E-state index in [9.17, 15) is 18.3 Å². The van der Waals surface area contributed by atoms with Crippen molar-refractivity contribution in [1.82, 2.24) is 4.98 Å². The Morgan fingerprint density at radius 2 is 1.81 bits per heavy atom. The van der Waals surface area contributed by atoms with Crippen LogP contribution in [0, 0.1) is 0 Å². The molecule has 118 valence electrons. The van der Waals surface area contributed by atoms with Crippen LogP contribution < -0.4 is 0 Å². The monoisotopic (exact) mass is 323 g/mol. The van der Waals surface area contributed by atoms with E-state index >= 15 is 0 Å². The van der Waals surface area contributed by atoms with E-state index in [1.54, 1.807) is 27.7 Å². The average Bonchev–Trinajstić information content (AvgIpc) is 2.41. The van der Waals surface area contributed by atoms with Crippen LogP contribution in [0.5, 0.6) is 0 Å². The fraction of sp³-hybridized carbons (Fsp3) is 0.643. The number of hydrogen-bond donors (Lipinski definition) is 1. The molecule has 7 heteroatoms. The highest BCUT2D eigenvalue weighted by Crippen LogP contribution is 2.52. The van der Waals surface area contributed by atoms with Crippen molar-refractivity contribution in [3.8, 4) is 0 Å². The van der Waals surface area contributed by atoms with Gasteiger partial charge in [0.2, 0.25) is 0 Å². The molecule has 0 spiro atoms. The first kappa shape index (κ1) is 16.5. The van der Waals surface area contributed by atoms with Gasteiger partial charge in [-0.25, -0.2) is 4.98 Å². The van der Waals surface area contributed by atoms with Crippen LogP contribution in [0.1, 0.15) is 45.4 Å². The van der Waals surface area contributed by atoms with Gasteiger partial charge in [0.05, 0.1) is 11.2 Å². The fourth-order valence-corrected chi connectivity index (χ4v) is 3.27. The van der Waals surface area contributed by atoms with Crippen LogP contribution in [0.25, 0.3) is 0 Å². The standard InChI is InChI=1S/C14H17ClF3NO2/c1-11(2)7-13(20,12(3,4)21-11)8-5-6-9(14(16,17)18)19-10(8)15/h5-6,20H,7H2,1-4H3. The summed E-state index contributed by atoms with van der Waals surface area (Å²) in [4.78, 5) is 3.37. The van der Waals surface area contributed by atoms with Gasteiger partial charge >= 0.3 is 6.18 Å². The second-order valence-corrected chi connectivity index (χ2v) is 6.80. The number of aliphatic hydroxyl groups is 1. The number of alkyl halides is 3. The van der Waals surface area contributed by atoms with Gasteiger partial charge in [-0.05, 0) is 33.8 Å². The van der Waals surface area contributed by atoms with Gasteiger partial charge in [-0.2, -0.15) is 13.2 Å². The first-order valence-electron chi connectivity index (χ1n) is 6.45. The lowest BCUT2D eigenvalue weighted by Crippen LogP contribution is -2.44. The van der Waals surface area contributed by atoms with Crippen molar-refractivity contribution < 1.29 is 23.0 Å². The molecule has 0 bridgehead atoms. The molecule has 1 fully saturated rings. The summed E-state index contributed by atoms with van der Waals surface area (Å²) in [6, 6.07) is 1.99. The summed E-state index contributed by atoms with van der Waals surface area (Å²) in [5, 5.41) is 10.6. The summed E-state index contributed by atoms with van der Waals surface area (Å²) in [6.07, 6.45) is -4.37. The van der Waals surface area contributed by atoms with E-state index in [-0.39, 0.29) is 17.1 Å². The maximum absolute atomic E-state index is 12.6. The molecule has 1 N–H and O–H groups in total. The van der Waals surface area contributed by atoms with Crippen molar-refractivity contribution >= 4 is 11.6 Å². The maximum atomic E-state index is 12.6. The summed E-state index contributed by atoms with van der Waals surface area (Å²) >= 11 is 5.90. The minimum absolute atomic E-state index is 0.146. The van der Waals surface area contributed by atoms with E-state index in [0.29, 0.717) is 0 Å². The quantitative estimate of drug-likeness (QED) is 0.797. The van der Waals surface area contributed by atoms with Crippen LogP contribution in [-0.2, 0) is 16.5 Å². The van der Waals surface area contributed by atoms with Gasteiger partial charge in [-0.1, -0.05) is 17.7 Å². The largest absolute Gasteiger partial charge is 0.433 e. The number of halogens is 4. The van der Waals surface area contributed by atoms with Crippen LogP contribution in [-0.4, -0.2) is 21.3 Å². The lowest BCUT2D eigenvalue weighted by atomic mass is 9.77. The summed E-state index contributed by atoms with van der Waals surface area (Å²) in [5.41, 5.74) is -4.07. The molecule has 1 aromatic heterocycles. The Kier molecular flexibility index (Phi) is 3.60. The Hall–Kier alpha value is -0.850. The molecule has 1 atom stereocenters. The number of nitrogens with zero attached hydrogens (tertiary/aromatic N) is 1. The Bertz CT molecular complexity index is 572. The number of aromatic nitrogens is 1. The Morgan fingerprint density at radius 1 is 1.24 bits per heavy atom. The first-order chi connectivity index (χ1) is 9.29. The molecule has 0 radical (unpaired) electrons. The highest BCUT2D eigenvalue weighted by molar-refractivity contribution is 6.30. The molecule has 1 aliphatic rings. The van der Waals surface area contributed by atoms with E-state index in [2.05, 4.69) is 4.98 Å². The number of hydrogen-bond acceptors (Lipinski definition) is 3. The van der Waals surface area contributed by atoms with Gasteiger partial charge in [-0.15, -0.1) is 0 Å². The van der Waals surface area contributed by atoms with Crippen molar-refractivity contribution in [2.75, 3.05) is 0 Å². The van der Waals surface area contributed by atoms with Crippen molar-refractivity contribution in [3.05, 3.63) is 28.5 Å². The molecule has 0 amide bonds. The summed E-state index contributed by atoms with van der Waals surface area (Å²) in [7, 11) is 0. The second-order valence-electron chi connectivity index (χ2n) is 6.44. The van der Waals surface area contributed by atoms with Gasteiger partial charge in [0.25, 0.3) is 0 Å². The van der Waals surface area contributed by atoms with Gasteiger partial charge in [0.1, 0.15) is 16.4 Å². The van der Waals surface area contributed by atoms with E-state index in [0.717, 1.165) is 6.07 Å². The molecular weight excluding hydrogens is 307 g/mol. The smallest absolute Gasteiger partial charge is 0.382 e. The Balaban J connectivity index is 2.52. The van der Waals surface area contributed by atoms with E-state index < -0.39 is 28.7 Å². The fourth-order valence-electron chi connectivity index (χ4n) is 2.96. The van der Waals surface area contributed by atoms with Gasteiger partial charge in [0.15, 0.2) is 0 Å². The molecule has 2 heterocycles. The van der Waals surface area contributed by atoms with Crippen LogP contribution in [0.4, 0.5) is 13.2 Å². The molecule has 1 unspecified atom stereocenters. The third-order valence-electron chi connectivity index (χ3n) is 3.79. The zero-order chi connectivity index (χ0) is 16.3. The van der Waals surface area contributed by atoms with Crippen molar-refractivity contribution in [2.24, 2.45) is 0 Å². The van der Waals surface area contributed by atoms with Gasteiger partial charge in [-0.3, -0.25) is 0 Å². The van der Waals surface area contributed by atoms with E-state index in [1.807, 2.05) is 0 Å². The lowest BCUT2D eigenvalue weighted by molar-refractivity contribution is -0.141. The highest BCUT2D eigenvalue weighted by atomic mass is 35.5. The maximum Gasteiger partial charge on any atom is 0.433 e. The molecule has 0 saturated carbocycles. The molecule has 0 aromatic carbocycles. The SMILES string of the molecule is CC1(C)CC(O)(c2ccc(C(F)(F)F)nc2Cl)C(C)(C)O1. The summed E-state index contributed by atoms with van der Waals surface area (Å²) < 4.78 is 43.7. The molecular formula is C14H17ClF3NO2. The molecule has 1 aromatic rings.